The molecule has 1 heterocycles. The lowest BCUT2D eigenvalue weighted by molar-refractivity contribution is -0.146. The Morgan fingerprint density at radius 1 is 1.10 bits per heavy atom. The van der Waals surface area contributed by atoms with E-state index in [4.69, 9.17) is 15.9 Å². The minimum absolute atomic E-state index is 0.124. The van der Waals surface area contributed by atoms with Crippen LogP contribution in [0.3, 0.4) is 0 Å². The van der Waals surface area contributed by atoms with Crippen LogP contribution < -0.4 is 16.4 Å². The molecule has 0 aliphatic carbocycles. The van der Waals surface area contributed by atoms with Crippen LogP contribution in [0.2, 0.25) is 0 Å². The van der Waals surface area contributed by atoms with E-state index in [0.717, 1.165) is 32.4 Å². The van der Waals surface area contributed by atoms with E-state index in [1.807, 2.05) is 18.2 Å². The zero-order valence-electron chi connectivity index (χ0n) is 16.9. The smallest absolute Gasteiger partial charge is 0.333 e. The summed E-state index contributed by atoms with van der Waals surface area (Å²) in [5.74, 6) is -0.479. The Kier molecular flexibility index (Phi) is 7.57. The fraction of sp³-hybridized carbons (Fsp3) is 0.348. The van der Waals surface area contributed by atoms with Gasteiger partial charge in [-0.15, -0.1) is 0 Å². The predicted octanol–water partition coefficient (Wildman–Crippen LogP) is 2.37. The van der Waals surface area contributed by atoms with E-state index >= 15 is 0 Å². The molecule has 0 radical (unpaired) electrons. The molecule has 2 aromatic rings. The first-order valence-electron chi connectivity index (χ1n) is 10.2. The highest BCUT2D eigenvalue weighted by molar-refractivity contribution is 6.01. The third-order valence-electron chi connectivity index (χ3n) is 5.31. The van der Waals surface area contributed by atoms with Crippen LogP contribution in [0.25, 0.3) is 0 Å². The fourth-order valence-corrected chi connectivity index (χ4v) is 3.55. The van der Waals surface area contributed by atoms with E-state index in [9.17, 15) is 9.59 Å². The van der Waals surface area contributed by atoms with E-state index in [1.54, 1.807) is 30.3 Å². The van der Waals surface area contributed by atoms with Crippen LogP contribution in [0, 0.1) is 11.3 Å². The molecule has 0 aromatic heterocycles. The molecule has 1 fully saturated rings. The van der Waals surface area contributed by atoms with Crippen molar-refractivity contribution in [1.29, 1.82) is 5.41 Å². The van der Waals surface area contributed by atoms with E-state index < -0.39 is 17.9 Å². The van der Waals surface area contributed by atoms with Crippen LogP contribution >= 0.6 is 0 Å². The number of nitrogen functional groups attached to an aromatic ring is 1. The summed E-state index contributed by atoms with van der Waals surface area (Å²) in [6.07, 6.45) is 3.00. The van der Waals surface area contributed by atoms with Gasteiger partial charge in [-0.25, -0.2) is 4.79 Å². The monoisotopic (exact) mass is 408 g/mol. The molecule has 1 atom stereocenters. The summed E-state index contributed by atoms with van der Waals surface area (Å²) < 4.78 is 5.53. The third-order valence-corrected chi connectivity index (χ3v) is 5.31. The largest absolute Gasteiger partial charge is 0.464 e. The Hall–Kier alpha value is -3.19. The average molecular weight is 409 g/mol. The van der Waals surface area contributed by atoms with Crippen molar-refractivity contribution in [1.82, 2.24) is 10.6 Å². The van der Waals surface area contributed by atoms with Gasteiger partial charge in [-0.2, -0.15) is 0 Å². The van der Waals surface area contributed by atoms with Crippen molar-refractivity contribution in [3.05, 3.63) is 71.3 Å². The van der Waals surface area contributed by atoms with E-state index in [1.165, 1.54) is 6.07 Å². The van der Waals surface area contributed by atoms with Gasteiger partial charge < -0.3 is 21.1 Å². The van der Waals surface area contributed by atoms with Crippen molar-refractivity contribution < 1.29 is 14.3 Å². The minimum atomic E-state index is -0.910. The topological polar surface area (TPSA) is 117 Å². The molecular weight excluding hydrogens is 380 g/mol. The molecule has 158 valence electrons. The van der Waals surface area contributed by atoms with E-state index in [-0.39, 0.29) is 5.84 Å². The average Bonchev–Trinajstić information content (AvgIpc) is 2.78. The standard InChI is InChI=1S/C23H28N4O3/c24-21(25)18-7-4-8-19(15-18)22(28)27-20(17-5-2-1-3-6-17)23(29)30-14-11-16-9-12-26-13-10-16/h1-8,15-16,20,26H,9-14H2,(H3,24,25)(H,27,28)/t20-/m1/s1. The number of piperidine rings is 1. The second kappa shape index (κ2) is 10.5. The van der Waals surface area contributed by atoms with Crippen LogP contribution in [0.1, 0.15) is 46.8 Å². The third kappa shape index (κ3) is 5.90. The Morgan fingerprint density at radius 2 is 1.80 bits per heavy atom. The summed E-state index contributed by atoms with van der Waals surface area (Å²) in [5, 5.41) is 13.6. The summed E-state index contributed by atoms with van der Waals surface area (Å²) in [6, 6.07) is 14.6. The number of benzene rings is 2. The molecule has 0 unspecified atom stereocenters. The van der Waals surface area contributed by atoms with Crippen LogP contribution in [0.15, 0.2) is 54.6 Å². The number of hydrogen-bond donors (Lipinski definition) is 4. The van der Waals surface area contributed by atoms with Crippen molar-refractivity contribution >= 4 is 17.7 Å². The molecule has 1 aliphatic heterocycles. The van der Waals surface area contributed by atoms with Gasteiger partial charge >= 0.3 is 5.97 Å². The molecule has 1 amide bonds. The first-order chi connectivity index (χ1) is 14.5. The number of amides is 1. The van der Waals surface area contributed by atoms with Gasteiger partial charge in [0.25, 0.3) is 5.91 Å². The summed E-state index contributed by atoms with van der Waals surface area (Å²) in [7, 11) is 0. The lowest BCUT2D eigenvalue weighted by atomic mass is 9.95. The Bertz CT molecular complexity index is 879. The number of ether oxygens (including phenoxy) is 1. The number of rotatable bonds is 8. The Morgan fingerprint density at radius 3 is 2.50 bits per heavy atom. The molecule has 1 saturated heterocycles. The maximum absolute atomic E-state index is 12.8. The lowest BCUT2D eigenvalue weighted by Gasteiger charge is -2.23. The highest BCUT2D eigenvalue weighted by Crippen LogP contribution is 2.19. The van der Waals surface area contributed by atoms with Gasteiger partial charge in [0.15, 0.2) is 6.04 Å². The van der Waals surface area contributed by atoms with Crippen molar-refractivity contribution in [3.63, 3.8) is 0 Å². The summed E-state index contributed by atoms with van der Waals surface area (Å²) in [5.41, 5.74) is 6.94. The Balaban J connectivity index is 1.67. The van der Waals surface area contributed by atoms with Gasteiger partial charge in [0.05, 0.1) is 6.61 Å². The van der Waals surface area contributed by atoms with Gasteiger partial charge in [-0.3, -0.25) is 10.2 Å². The molecule has 1 aliphatic rings. The molecular formula is C23H28N4O3. The molecule has 2 aromatic carbocycles. The van der Waals surface area contributed by atoms with Crippen LogP contribution in [-0.4, -0.2) is 37.4 Å². The minimum Gasteiger partial charge on any atom is -0.464 e. The van der Waals surface area contributed by atoms with E-state index in [2.05, 4.69) is 10.6 Å². The molecule has 0 spiro atoms. The first-order valence-corrected chi connectivity index (χ1v) is 10.2. The Labute approximate surface area is 176 Å². The van der Waals surface area contributed by atoms with Crippen LogP contribution in [-0.2, 0) is 9.53 Å². The number of carbonyl (C=O) groups excluding carboxylic acids is 2. The number of carbonyl (C=O) groups is 2. The van der Waals surface area contributed by atoms with Crippen molar-refractivity contribution in [2.75, 3.05) is 19.7 Å². The van der Waals surface area contributed by atoms with Gasteiger partial charge in [-0.05, 0) is 56.0 Å². The zero-order valence-corrected chi connectivity index (χ0v) is 16.9. The quantitative estimate of drug-likeness (QED) is 0.304. The van der Waals surface area contributed by atoms with Gasteiger partial charge in [-0.1, -0.05) is 42.5 Å². The lowest BCUT2D eigenvalue weighted by Crippen LogP contribution is -2.35. The normalized spacial score (nSPS) is 15.2. The summed E-state index contributed by atoms with van der Waals surface area (Å²) in [4.78, 5) is 25.6. The zero-order chi connectivity index (χ0) is 21.3. The van der Waals surface area contributed by atoms with Crippen LogP contribution in [0.4, 0.5) is 0 Å². The number of nitrogens with one attached hydrogen (secondary N) is 3. The van der Waals surface area contributed by atoms with Crippen molar-refractivity contribution in [2.24, 2.45) is 11.7 Å². The van der Waals surface area contributed by atoms with Crippen LogP contribution in [0.5, 0.6) is 0 Å². The first kappa shape index (κ1) is 21.5. The molecule has 30 heavy (non-hydrogen) atoms. The molecule has 7 heteroatoms. The van der Waals surface area contributed by atoms with Crippen molar-refractivity contribution in [3.8, 4) is 0 Å². The SMILES string of the molecule is N=C(N)c1cccc(C(=O)N[C@@H](C(=O)OCCC2CCNCC2)c2ccccc2)c1. The van der Waals surface area contributed by atoms with Gasteiger partial charge in [0.2, 0.25) is 0 Å². The van der Waals surface area contributed by atoms with Gasteiger partial charge in [0.1, 0.15) is 5.84 Å². The second-order valence-electron chi connectivity index (χ2n) is 7.46. The highest BCUT2D eigenvalue weighted by atomic mass is 16.5. The number of esters is 1. The molecule has 0 bridgehead atoms. The maximum Gasteiger partial charge on any atom is 0.333 e. The molecule has 0 saturated carbocycles. The second-order valence-corrected chi connectivity index (χ2v) is 7.46. The van der Waals surface area contributed by atoms with E-state index in [0.29, 0.717) is 29.2 Å². The summed E-state index contributed by atoms with van der Waals surface area (Å²) >= 11 is 0. The number of hydrogen-bond acceptors (Lipinski definition) is 5. The molecule has 5 N–H and O–H groups in total. The number of amidine groups is 1. The van der Waals surface area contributed by atoms with Gasteiger partial charge in [0, 0.05) is 11.1 Å². The maximum atomic E-state index is 12.8. The predicted molar refractivity (Wildman–Crippen MR) is 115 cm³/mol. The highest BCUT2D eigenvalue weighted by Gasteiger charge is 2.25. The molecule has 3 rings (SSSR count). The molecule has 7 nitrogen and oxygen atoms in total. The fourth-order valence-electron chi connectivity index (χ4n) is 3.55. The number of nitrogens with two attached hydrogens (primary N) is 1. The summed E-state index contributed by atoms with van der Waals surface area (Å²) in [6.45, 7) is 2.34. The van der Waals surface area contributed by atoms with Crippen molar-refractivity contribution in [2.45, 2.75) is 25.3 Å².